The van der Waals surface area contributed by atoms with E-state index in [-0.39, 0.29) is 12.1 Å². The van der Waals surface area contributed by atoms with Gasteiger partial charge in [0.1, 0.15) is 11.7 Å². The molecule has 1 aromatic carbocycles. The van der Waals surface area contributed by atoms with Gasteiger partial charge in [-0.1, -0.05) is 18.7 Å². The molecule has 0 radical (unpaired) electrons. The first-order valence-corrected chi connectivity index (χ1v) is 6.19. The predicted octanol–water partition coefficient (Wildman–Crippen LogP) is 4.44. The molecule has 0 aliphatic carbocycles. The zero-order valence-corrected chi connectivity index (χ0v) is 11.8. The Morgan fingerprint density at radius 3 is 2.57 bits per heavy atom. The average molecular weight is 300 g/mol. The molecule has 0 fully saturated rings. The van der Waals surface area contributed by atoms with Crippen LogP contribution in [-0.4, -0.2) is 5.84 Å². The SMILES string of the molecule is C=C(C)NC(/C=C\C)=NCc1ccc(F)cc1C(F)(F)F. The summed E-state index contributed by atoms with van der Waals surface area (Å²) in [6, 6.07) is 2.56. The van der Waals surface area contributed by atoms with Crippen molar-refractivity contribution >= 4 is 5.84 Å². The van der Waals surface area contributed by atoms with E-state index >= 15 is 0 Å². The van der Waals surface area contributed by atoms with Crippen LogP contribution < -0.4 is 5.32 Å². The van der Waals surface area contributed by atoms with Crippen LogP contribution in [0.3, 0.4) is 0 Å². The number of rotatable bonds is 4. The number of allylic oxidation sites excluding steroid dienone is 2. The van der Waals surface area contributed by atoms with Crippen LogP contribution in [0.4, 0.5) is 17.6 Å². The first-order chi connectivity index (χ1) is 9.74. The van der Waals surface area contributed by atoms with Gasteiger partial charge in [-0.2, -0.15) is 13.2 Å². The maximum Gasteiger partial charge on any atom is 0.416 e. The smallest absolute Gasteiger partial charge is 0.345 e. The second-order valence-corrected chi connectivity index (χ2v) is 4.41. The van der Waals surface area contributed by atoms with Crippen LogP contribution in [0.2, 0.25) is 0 Å². The molecule has 6 heteroatoms. The second-order valence-electron chi connectivity index (χ2n) is 4.41. The molecule has 0 amide bonds. The van der Waals surface area contributed by atoms with Crippen LogP contribution in [0.1, 0.15) is 25.0 Å². The molecule has 0 aliphatic heterocycles. The third-order valence-corrected chi connectivity index (χ3v) is 2.46. The van der Waals surface area contributed by atoms with E-state index in [0.29, 0.717) is 17.6 Å². The first-order valence-electron chi connectivity index (χ1n) is 6.19. The molecule has 2 nitrogen and oxygen atoms in total. The number of amidine groups is 1. The highest BCUT2D eigenvalue weighted by Gasteiger charge is 2.33. The highest BCUT2D eigenvalue weighted by Crippen LogP contribution is 2.32. The fourth-order valence-electron chi connectivity index (χ4n) is 1.63. The van der Waals surface area contributed by atoms with Gasteiger partial charge in [-0.3, -0.25) is 4.99 Å². The molecule has 1 N–H and O–H groups in total. The molecular formula is C15H16F4N2. The lowest BCUT2D eigenvalue weighted by atomic mass is 10.1. The summed E-state index contributed by atoms with van der Waals surface area (Å²) >= 11 is 0. The highest BCUT2D eigenvalue weighted by atomic mass is 19.4. The van der Waals surface area contributed by atoms with Crippen LogP contribution >= 0.6 is 0 Å². The summed E-state index contributed by atoms with van der Waals surface area (Å²) in [7, 11) is 0. The molecule has 0 heterocycles. The summed E-state index contributed by atoms with van der Waals surface area (Å²) in [6.45, 7) is 6.90. The van der Waals surface area contributed by atoms with Gasteiger partial charge in [0, 0.05) is 5.70 Å². The van der Waals surface area contributed by atoms with Crippen molar-refractivity contribution in [2.75, 3.05) is 0 Å². The Bertz CT molecular complexity index is 572. The van der Waals surface area contributed by atoms with Crippen molar-refractivity contribution < 1.29 is 17.6 Å². The van der Waals surface area contributed by atoms with Gasteiger partial charge in [0.25, 0.3) is 0 Å². The molecule has 0 unspecified atom stereocenters. The third kappa shape index (κ3) is 5.41. The molecule has 1 aromatic rings. The quantitative estimate of drug-likeness (QED) is 0.496. The molecule has 0 aliphatic rings. The van der Waals surface area contributed by atoms with Crippen molar-refractivity contribution in [1.82, 2.24) is 5.32 Å². The summed E-state index contributed by atoms with van der Waals surface area (Å²) < 4.78 is 51.6. The average Bonchev–Trinajstić information content (AvgIpc) is 2.35. The second kappa shape index (κ2) is 7.06. The lowest BCUT2D eigenvalue weighted by Crippen LogP contribution is -2.19. The van der Waals surface area contributed by atoms with Crippen molar-refractivity contribution in [2.45, 2.75) is 26.6 Å². The molecule has 0 saturated carbocycles. The molecule has 0 atom stereocenters. The summed E-state index contributed by atoms with van der Waals surface area (Å²) in [6.07, 6.45) is -1.30. The van der Waals surface area contributed by atoms with Gasteiger partial charge in [0.05, 0.1) is 12.1 Å². The minimum Gasteiger partial charge on any atom is -0.345 e. The molecular weight excluding hydrogens is 284 g/mol. The van der Waals surface area contributed by atoms with Gasteiger partial charge >= 0.3 is 6.18 Å². The van der Waals surface area contributed by atoms with E-state index < -0.39 is 17.6 Å². The van der Waals surface area contributed by atoms with Gasteiger partial charge in [0.2, 0.25) is 0 Å². The lowest BCUT2D eigenvalue weighted by Gasteiger charge is -2.12. The Morgan fingerprint density at radius 2 is 2.05 bits per heavy atom. The number of alkyl halides is 3. The number of benzene rings is 1. The van der Waals surface area contributed by atoms with Crippen molar-refractivity contribution in [3.63, 3.8) is 0 Å². The predicted molar refractivity (Wildman–Crippen MR) is 75.3 cm³/mol. The maximum absolute atomic E-state index is 13.0. The number of hydrogen-bond acceptors (Lipinski definition) is 1. The topological polar surface area (TPSA) is 24.4 Å². The Labute approximate surface area is 120 Å². The molecule has 0 bridgehead atoms. The van der Waals surface area contributed by atoms with Gasteiger partial charge in [0.15, 0.2) is 0 Å². The van der Waals surface area contributed by atoms with E-state index in [9.17, 15) is 17.6 Å². The van der Waals surface area contributed by atoms with Crippen LogP contribution in [0.5, 0.6) is 0 Å². The van der Waals surface area contributed by atoms with E-state index in [1.54, 1.807) is 26.0 Å². The highest BCUT2D eigenvalue weighted by molar-refractivity contribution is 5.93. The van der Waals surface area contributed by atoms with Crippen LogP contribution in [-0.2, 0) is 12.7 Å². The zero-order valence-electron chi connectivity index (χ0n) is 11.8. The minimum atomic E-state index is -4.62. The maximum atomic E-state index is 13.0. The molecule has 114 valence electrons. The van der Waals surface area contributed by atoms with E-state index in [0.717, 1.165) is 12.1 Å². The Kier molecular flexibility index (Phi) is 5.69. The molecule has 21 heavy (non-hydrogen) atoms. The lowest BCUT2D eigenvalue weighted by molar-refractivity contribution is -0.138. The van der Waals surface area contributed by atoms with Crippen LogP contribution in [0.15, 0.2) is 47.6 Å². The van der Waals surface area contributed by atoms with Gasteiger partial charge in [-0.05, 0) is 37.6 Å². The van der Waals surface area contributed by atoms with E-state index in [1.165, 1.54) is 0 Å². The van der Waals surface area contributed by atoms with Gasteiger partial charge in [-0.15, -0.1) is 0 Å². The summed E-state index contributed by atoms with van der Waals surface area (Å²) in [4.78, 5) is 4.06. The third-order valence-electron chi connectivity index (χ3n) is 2.46. The van der Waals surface area contributed by atoms with Crippen molar-refractivity contribution in [1.29, 1.82) is 0 Å². The molecule has 0 saturated heterocycles. The Balaban J connectivity index is 3.09. The number of nitrogens with one attached hydrogen (secondary N) is 1. The first kappa shape index (κ1) is 16.9. The summed E-state index contributed by atoms with van der Waals surface area (Å²) in [5.41, 5.74) is -0.488. The molecule has 0 spiro atoms. The number of hydrogen-bond donors (Lipinski definition) is 1. The number of nitrogens with zero attached hydrogens (tertiary/aromatic N) is 1. The van der Waals surface area contributed by atoms with Gasteiger partial charge in [-0.25, -0.2) is 4.39 Å². The Hall–Kier alpha value is -2.11. The number of halogens is 4. The standard InChI is InChI=1S/C15H16F4N2/c1-4-5-14(21-10(2)3)20-9-11-6-7-12(16)8-13(11)15(17,18)19/h4-8H,2,9H2,1,3H3,(H,20,21)/b5-4-. The molecule has 1 rings (SSSR count). The van der Waals surface area contributed by atoms with E-state index in [1.807, 2.05) is 0 Å². The number of aliphatic imine (C=N–C) groups is 1. The molecule has 0 aromatic heterocycles. The summed E-state index contributed by atoms with van der Waals surface area (Å²) in [5.74, 6) is -0.536. The zero-order chi connectivity index (χ0) is 16.0. The van der Waals surface area contributed by atoms with Gasteiger partial charge < -0.3 is 5.32 Å². The monoisotopic (exact) mass is 300 g/mol. The Morgan fingerprint density at radius 1 is 1.38 bits per heavy atom. The largest absolute Gasteiger partial charge is 0.416 e. The van der Waals surface area contributed by atoms with Crippen molar-refractivity contribution in [2.24, 2.45) is 4.99 Å². The van der Waals surface area contributed by atoms with Crippen LogP contribution in [0.25, 0.3) is 0 Å². The van der Waals surface area contributed by atoms with Crippen molar-refractivity contribution in [3.8, 4) is 0 Å². The van der Waals surface area contributed by atoms with Crippen LogP contribution in [0, 0.1) is 5.82 Å². The van der Waals surface area contributed by atoms with Crippen molar-refractivity contribution in [3.05, 3.63) is 59.6 Å². The minimum absolute atomic E-state index is 0.0885. The van der Waals surface area contributed by atoms with E-state index in [2.05, 4.69) is 16.9 Å². The fourth-order valence-corrected chi connectivity index (χ4v) is 1.63. The normalized spacial score (nSPS) is 12.8. The van der Waals surface area contributed by atoms with E-state index in [4.69, 9.17) is 0 Å². The summed E-state index contributed by atoms with van der Waals surface area (Å²) in [5, 5.41) is 2.83. The fraction of sp³-hybridized carbons (Fsp3) is 0.267.